The minimum Gasteiger partial charge on any atom is -0.395 e. The van der Waals surface area contributed by atoms with E-state index >= 15 is 0 Å². The van der Waals surface area contributed by atoms with Crippen LogP contribution in [0.25, 0.3) is 0 Å². The van der Waals surface area contributed by atoms with Crippen LogP contribution in [0.5, 0.6) is 0 Å². The van der Waals surface area contributed by atoms with Crippen LogP contribution in [-0.4, -0.2) is 29.9 Å². The van der Waals surface area contributed by atoms with Crippen molar-refractivity contribution in [2.75, 3.05) is 24.6 Å². The average Bonchev–Trinajstić information content (AvgIpc) is 2.28. The first-order valence-corrected chi connectivity index (χ1v) is 6.33. The third kappa shape index (κ3) is 3.84. The van der Waals surface area contributed by atoms with Gasteiger partial charge in [-0.3, -0.25) is 0 Å². The molecule has 0 saturated heterocycles. The van der Waals surface area contributed by atoms with Gasteiger partial charge in [0, 0.05) is 28.8 Å². The van der Waals surface area contributed by atoms with Crippen LogP contribution < -0.4 is 4.90 Å². The first-order valence-electron chi connectivity index (χ1n) is 5.54. The largest absolute Gasteiger partial charge is 0.395 e. The van der Waals surface area contributed by atoms with Gasteiger partial charge in [0.15, 0.2) is 0 Å². The molecule has 1 atom stereocenters. The Morgan fingerprint density at radius 2 is 2.24 bits per heavy atom. The maximum Gasteiger partial charge on any atom is 0.0782 e. The Kier molecular flexibility index (Phi) is 5.68. The molecule has 0 radical (unpaired) electrons. The molecule has 0 aliphatic heterocycles. The highest BCUT2D eigenvalue weighted by molar-refractivity contribution is 9.10. The van der Waals surface area contributed by atoms with Gasteiger partial charge in [-0.15, -0.1) is 6.58 Å². The molecule has 0 saturated carbocycles. The normalized spacial score (nSPS) is 12.2. The molecule has 4 heteroatoms. The van der Waals surface area contributed by atoms with E-state index in [1.54, 1.807) is 13.0 Å². The Bertz CT molecular complexity index is 380. The molecule has 1 aromatic carbocycles. The molecular formula is C13H18BrNO2. The van der Waals surface area contributed by atoms with E-state index in [4.69, 9.17) is 5.11 Å². The summed E-state index contributed by atoms with van der Waals surface area (Å²) >= 11 is 3.39. The monoisotopic (exact) mass is 299 g/mol. The number of hydrogen-bond acceptors (Lipinski definition) is 3. The third-order valence-corrected chi connectivity index (χ3v) is 2.99. The number of aliphatic hydroxyl groups is 2. The molecule has 1 unspecified atom stereocenters. The summed E-state index contributed by atoms with van der Waals surface area (Å²) in [6.07, 6.45) is 1.23. The van der Waals surface area contributed by atoms with Crippen molar-refractivity contribution in [3.05, 3.63) is 40.9 Å². The predicted octanol–water partition coefficient (Wildman–Crippen LogP) is 2.49. The lowest BCUT2D eigenvalue weighted by Gasteiger charge is -2.26. The molecule has 0 aliphatic carbocycles. The van der Waals surface area contributed by atoms with E-state index in [9.17, 15) is 5.11 Å². The first kappa shape index (κ1) is 14.2. The first-order chi connectivity index (χ1) is 8.10. The van der Waals surface area contributed by atoms with E-state index in [2.05, 4.69) is 22.5 Å². The van der Waals surface area contributed by atoms with Crippen LogP contribution in [0.15, 0.2) is 35.3 Å². The molecule has 0 spiro atoms. The molecule has 0 aromatic heterocycles. The molecule has 1 rings (SSSR count). The smallest absolute Gasteiger partial charge is 0.0782 e. The molecule has 0 amide bonds. The van der Waals surface area contributed by atoms with Crippen LogP contribution in [-0.2, 0) is 0 Å². The summed E-state index contributed by atoms with van der Waals surface area (Å²) in [6.45, 7) is 6.67. The number of nitrogens with zero attached hydrogens (tertiary/aromatic N) is 1. The van der Waals surface area contributed by atoms with Crippen LogP contribution >= 0.6 is 15.9 Å². The molecule has 0 aliphatic rings. The number of aliphatic hydroxyl groups excluding tert-OH is 2. The lowest BCUT2D eigenvalue weighted by atomic mass is 10.1. The van der Waals surface area contributed by atoms with Crippen molar-refractivity contribution >= 4 is 21.6 Å². The zero-order chi connectivity index (χ0) is 12.8. The summed E-state index contributed by atoms with van der Waals surface area (Å²) in [4.78, 5) is 1.99. The van der Waals surface area contributed by atoms with E-state index in [1.165, 1.54) is 0 Å². The molecule has 0 bridgehead atoms. The molecule has 0 heterocycles. The topological polar surface area (TPSA) is 43.7 Å². The summed E-state index contributed by atoms with van der Waals surface area (Å²) in [5.41, 5.74) is 1.77. The summed E-state index contributed by atoms with van der Waals surface area (Å²) in [5.74, 6) is 0. The lowest BCUT2D eigenvalue weighted by molar-refractivity contribution is 0.199. The molecule has 94 valence electrons. The fourth-order valence-electron chi connectivity index (χ4n) is 1.73. The number of halogens is 1. The van der Waals surface area contributed by atoms with E-state index in [0.717, 1.165) is 15.7 Å². The van der Waals surface area contributed by atoms with E-state index in [-0.39, 0.29) is 6.61 Å². The highest BCUT2D eigenvalue weighted by Crippen LogP contribution is 2.29. The minimum atomic E-state index is -0.548. The van der Waals surface area contributed by atoms with Crippen molar-refractivity contribution in [3.63, 3.8) is 0 Å². The number of rotatable bonds is 6. The standard InChI is InChI=1S/C13H18BrNO2/c1-3-6-15(7-8-16)13-5-4-11(14)9-12(13)10(2)17/h3-5,9-10,16-17H,1,6-8H2,2H3. The maximum absolute atomic E-state index is 9.78. The second-order valence-corrected chi connectivity index (χ2v) is 4.75. The zero-order valence-electron chi connectivity index (χ0n) is 9.93. The van der Waals surface area contributed by atoms with Gasteiger partial charge in [0.2, 0.25) is 0 Å². The Labute approximate surface area is 111 Å². The summed E-state index contributed by atoms with van der Waals surface area (Å²) < 4.78 is 0.930. The van der Waals surface area contributed by atoms with Crippen molar-refractivity contribution in [1.82, 2.24) is 0 Å². The van der Waals surface area contributed by atoms with Gasteiger partial charge >= 0.3 is 0 Å². The van der Waals surface area contributed by atoms with Gasteiger partial charge < -0.3 is 15.1 Å². The Balaban J connectivity index is 3.11. The van der Waals surface area contributed by atoms with Crippen molar-refractivity contribution in [2.45, 2.75) is 13.0 Å². The number of benzene rings is 1. The third-order valence-electron chi connectivity index (χ3n) is 2.50. The van der Waals surface area contributed by atoms with Crippen LogP contribution in [0.3, 0.4) is 0 Å². The van der Waals surface area contributed by atoms with Gasteiger partial charge in [0.05, 0.1) is 12.7 Å². The minimum absolute atomic E-state index is 0.0726. The van der Waals surface area contributed by atoms with Gasteiger partial charge in [0.1, 0.15) is 0 Å². The van der Waals surface area contributed by atoms with Gasteiger partial charge in [-0.05, 0) is 25.1 Å². The van der Waals surface area contributed by atoms with Gasteiger partial charge in [0.25, 0.3) is 0 Å². The van der Waals surface area contributed by atoms with E-state index < -0.39 is 6.10 Å². The zero-order valence-corrected chi connectivity index (χ0v) is 11.5. The van der Waals surface area contributed by atoms with E-state index in [0.29, 0.717) is 13.1 Å². The Hall–Kier alpha value is -0.840. The van der Waals surface area contributed by atoms with Crippen LogP contribution in [0.4, 0.5) is 5.69 Å². The van der Waals surface area contributed by atoms with Crippen LogP contribution in [0.1, 0.15) is 18.6 Å². The van der Waals surface area contributed by atoms with E-state index in [1.807, 2.05) is 23.1 Å². The average molecular weight is 300 g/mol. The predicted molar refractivity (Wildman–Crippen MR) is 74.3 cm³/mol. The van der Waals surface area contributed by atoms with Crippen molar-refractivity contribution < 1.29 is 10.2 Å². The quantitative estimate of drug-likeness (QED) is 0.793. The van der Waals surface area contributed by atoms with Crippen molar-refractivity contribution in [3.8, 4) is 0 Å². The molecule has 17 heavy (non-hydrogen) atoms. The van der Waals surface area contributed by atoms with Crippen molar-refractivity contribution in [2.24, 2.45) is 0 Å². The molecular weight excluding hydrogens is 282 g/mol. The second kappa shape index (κ2) is 6.79. The van der Waals surface area contributed by atoms with Crippen LogP contribution in [0.2, 0.25) is 0 Å². The fraction of sp³-hybridized carbons (Fsp3) is 0.385. The summed E-state index contributed by atoms with van der Waals surface area (Å²) in [7, 11) is 0. The van der Waals surface area contributed by atoms with Gasteiger partial charge in [-0.25, -0.2) is 0 Å². The Morgan fingerprint density at radius 1 is 1.53 bits per heavy atom. The molecule has 2 N–H and O–H groups in total. The molecule has 3 nitrogen and oxygen atoms in total. The van der Waals surface area contributed by atoms with Gasteiger partial charge in [-0.1, -0.05) is 22.0 Å². The maximum atomic E-state index is 9.78. The second-order valence-electron chi connectivity index (χ2n) is 3.84. The van der Waals surface area contributed by atoms with Crippen LogP contribution in [0, 0.1) is 0 Å². The molecule has 1 aromatic rings. The Morgan fingerprint density at radius 3 is 2.76 bits per heavy atom. The van der Waals surface area contributed by atoms with Gasteiger partial charge in [-0.2, -0.15) is 0 Å². The highest BCUT2D eigenvalue weighted by Gasteiger charge is 2.13. The fourth-order valence-corrected chi connectivity index (χ4v) is 2.11. The summed E-state index contributed by atoms with van der Waals surface area (Å²) in [6, 6.07) is 5.76. The lowest BCUT2D eigenvalue weighted by Crippen LogP contribution is -2.28. The van der Waals surface area contributed by atoms with Crippen molar-refractivity contribution in [1.29, 1.82) is 0 Å². The summed E-state index contributed by atoms with van der Waals surface area (Å²) in [5, 5.41) is 18.8. The number of anilines is 1. The highest BCUT2D eigenvalue weighted by atomic mass is 79.9. The SMILES string of the molecule is C=CCN(CCO)c1ccc(Br)cc1C(C)O. The number of hydrogen-bond donors (Lipinski definition) is 2. The molecule has 0 fully saturated rings.